The molecule has 1 aromatic carbocycles. The quantitative estimate of drug-likeness (QED) is 0.888. The van der Waals surface area contributed by atoms with Crippen LogP contribution in [0.5, 0.6) is 0 Å². The Hall–Kier alpha value is -2.25. The lowest BCUT2D eigenvalue weighted by molar-refractivity contribution is -0.138. The normalized spacial score (nSPS) is 21.4. The smallest absolute Gasteiger partial charge is 0.227 e. The summed E-state index contributed by atoms with van der Waals surface area (Å²) in [6.45, 7) is 5.91. The van der Waals surface area contributed by atoms with Gasteiger partial charge in [-0.25, -0.2) is 9.07 Å². The molecule has 2 fully saturated rings. The van der Waals surface area contributed by atoms with Crippen molar-refractivity contribution in [3.63, 3.8) is 0 Å². The van der Waals surface area contributed by atoms with Gasteiger partial charge in [-0.1, -0.05) is 0 Å². The maximum Gasteiger partial charge on any atom is 0.227 e. The van der Waals surface area contributed by atoms with Gasteiger partial charge >= 0.3 is 0 Å². The molecule has 1 atom stereocenters. The summed E-state index contributed by atoms with van der Waals surface area (Å²) >= 11 is 0. The number of piperazine rings is 1. The minimum Gasteiger partial charge on any atom is -0.340 e. The molecule has 2 saturated heterocycles. The first-order chi connectivity index (χ1) is 13.2. The van der Waals surface area contributed by atoms with Gasteiger partial charge in [0.25, 0.3) is 0 Å². The van der Waals surface area contributed by atoms with E-state index in [1.54, 1.807) is 18.3 Å². The van der Waals surface area contributed by atoms with E-state index in [-0.39, 0.29) is 11.7 Å². The fourth-order valence-electron chi connectivity index (χ4n) is 4.04. The summed E-state index contributed by atoms with van der Waals surface area (Å²) in [4.78, 5) is 17.2. The Morgan fingerprint density at radius 2 is 1.93 bits per heavy atom. The van der Waals surface area contributed by atoms with E-state index < -0.39 is 0 Å². The summed E-state index contributed by atoms with van der Waals surface area (Å²) in [6, 6.07) is 8.36. The van der Waals surface area contributed by atoms with E-state index in [1.165, 1.54) is 12.1 Å². The van der Waals surface area contributed by atoms with Gasteiger partial charge < -0.3 is 10.2 Å². The average Bonchev–Trinajstić information content (AvgIpc) is 3.17. The summed E-state index contributed by atoms with van der Waals surface area (Å²) < 4.78 is 15.0. The number of rotatable bonds is 4. The Balaban J connectivity index is 1.42. The summed E-state index contributed by atoms with van der Waals surface area (Å²) in [5, 5.41) is 7.69. The second-order valence-electron chi connectivity index (χ2n) is 7.36. The molecule has 0 bridgehead atoms. The van der Waals surface area contributed by atoms with Crippen molar-refractivity contribution < 1.29 is 9.18 Å². The fourth-order valence-corrected chi connectivity index (χ4v) is 4.04. The number of carbonyl (C=O) groups excluding carboxylic acids is 1. The number of nitrogens with one attached hydrogen (secondary N) is 1. The van der Waals surface area contributed by atoms with Gasteiger partial charge in [0.05, 0.1) is 17.3 Å². The van der Waals surface area contributed by atoms with E-state index in [9.17, 15) is 9.18 Å². The summed E-state index contributed by atoms with van der Waals surface area (Å²) in [7, 11) is 0. The maximum atomic E-state index is 13.2. The van der Waals surface area contributed by atoms with E-state index in [1.807, 2.05) is 15.6 Å². The number of nitrogens with zero attached hydrogens (tertiary/aromatic N) is 4. The third kappa shape index (κ3) is 4.20. The predicted molar refractivity (Wildman–Crippen MR) is 101 cm³/mol. The van der Waals surface area contributed by atoms with Crippen LogP contribution in [0.3, 0.4) is 0 Å². The van der Waals surface area contributed by atoms with Crippen LogP contribution in [0.15, 0.2) is 36.5 Å². The number of carbonyl (C=O) groups is 1. The molecule has 2 aromatic rings. The van der Waals surface area contributed by atoms with E-state index >= 15 is 0 Å². The van der Waals surface area contributed by atoms with E-state index in [0.29, 0.717) is 5.91 Å². The number of piperidine rings is 1. The standard InChI is InChI=1S/C20H26FN5O/c21-17-3-5-18(6-4-17)26-19(7-8-23-26)15-24-11-1-2-16(14-24)20(27)25-12-9-22-10-13-25/h3-8,16,22H,1-2,9-15H2. The van der Waals surface area contributed by atoms with Crippen molar-refractivity contribution in [2.24, 2.45) is 5.92 Å². The molecule has 0 radical (unpaired) electrons. The van der Waals surface area contributed by atoms with Crippen molar-refractivity contribution in [2.45, 2.75) is 19.4 Å². The number of hydrogen-bond acceptors (Lipinski definition) is 4. The van der Waals surface area contributed by atoms with Crippen molar-refractivity contribution >= 4 is 5.91 Å². The molecule has 6 nitrogen and oxygen atoms in total. The zero-order valence-electron chi connectivity index (χ0n) is 15.5. The molecule has 2 aliphatic heterocycles. The first kappa shape index (κ1) is 18.1. The van der Waals surface area contributed by atoms with Crippen molar-refractivity contribution in [3.05, 3.63) is 48.0 Å². The molecule has 0 saturated carbocycles. The molecule has 1 unspecified atom stereocenters. The summed E-state index contributed by atoms with van der Waals surface area (Å²) in [5.74, 6) is 0.130. The zero-order valence-corrected chi connectivity index (χ0v) is 15.5. The van der Waals surface area contributed by atoms with Crippen LogP contribution in [-0.2, 0) is 11.3 Å². The second kappa shape index (κ2) is 8.19. The number of halogens is 1. The van der Waals surface area contributed by atoms with Crippen LogP contribution in [0.4, 0.5) is 4.39 Å². The van der Waals surface area contributed by atoms with Gasteiger partial charge in [0.1, 0.15) is 5.82 Å². The van der Waals surface area contributed by atoms with Gasteiger partial charge in [0, 0.05) is 45.5 Å². The molecule has 4 rings (SSSR count). The molecule has 1 N–H and O–H groups in total. The highest BCUT2D eigenvalue weighted by Crippen LogP contribution is 2.22. The van der Waals surface area contributed by atoms with Gasteiger partial charge in [0.2, 0.25) is 5.91 Å². The Morgan fingerprint density at radius 3 is 2.70 bits per heavy atom. The fraction of sp³-hybridized carbons (Fsp3) is 0.500. The molecule has 0 spiro atoms. The first-order valence-corrected chi connectivity index (χ1v) is 9.71. The number of likely N-dealkylation sites (tertiary alicyclic amines) is 1. The highest BCUT2D eigenvalue weighted by molar-refractivity contribution is 5.79. The minimum absolute atomic E-state index is 0.0824. The third-order valence-corrected chi connectivity index (χ3v) is 5.46. The average molecular weight is 371 g/mol. The van der Waals surface area contributed by atoms with Crippen LogP contribution in [0.25, 0.3) is 5.69 Å². The van der Waals surface area contributed by atoms with Crippen molar-refractivity contribution in [1.82, 2.24) is 24.9 Å². The number of hydrogen-bond donors (Lipinski definition) is 1. The van der Waals surface area contributed by atoms with Gasteiger partial charge in [0.15, 0.2) is 0 Å². The van der Waals surface area contributed by atoms with Gasteiger partial charge in [-0.05, 0) is 49.7 Å². The Morgan fingerprint density at radius 1 is 1.15 bits per heavy atom. The molecule has 1 amide bonds. The lowest BCUT2D eigenvalue weighted by Gasteiger charge is -2.36. The number of aromatic nitrogens is 2. The van der Waals surface area contributed by atoms with Crippen LogP contribution in [0.2, 0.25) is 0 Å². The molecular weight excluding hydrogens is 345 g/mol. The first-order valence-electron chi connectivity index (χ1n) is 9.71. The molecule has 3 heterocycles. The molecule has 2 aliphatic rings. The van der Waals surface area contributed by atoms with E-state index in [4.69, 9.17) is 0 Å². The molecule has 27 heavy (non-hydrogen) atoms. The lowest BCUT2D eigenvalue weighted by Crippen LogP contribution is -2.51. The van der Waals surface area contributed by atoms with Crippen LogP contribution in [0.1, 0.15) is 18.5 Å². The Kier molecular flexibility index (Phi) is 5.50. The van der Waals surface area contributed by atoms with Gasteiger partial charge in [-0.15, -0.1) is 0 Å². The van der Waals surface area contributed by atoms with Crippen molar-refractivity contribution in [3.8, 4) is 5.69 Å². The molecule has 7 heteroatoms. The molecule has 144 valence electrons. The molecular formula is C20H26FN5O. The Labute approximate surface area is 158 Å². The SMILES string of the molecule is O=C(C1CCCN(Cc2ccnn2-c2ccc(F)cc2)C1)N1CCNCC1. The zero-order chi connectivity index (χ0) is 18.6. The highest BCUT2D eigenvalue weighted by Gasteiger charge is 2.30. The minimum atomic E-state index is -0.252. The lowest BCUT2D eigenvalue weighted by atomic mass is 9.96. The Bertz CT molecular complexity index is 769. The van der Waals surface area contributed by atoms with E-state index in [0.717, 1.165) is 70.0 Å². The summed E-state index contributed by atoms with van der Waals surface area (Å²) in [5.41, 5.74) is 1.90. The maximum absolute atomic E-state index is 13.2. The largest absolute Gasteiger partial charge is 0.340 e. The predicted octanol–water partition coefficient (Wildman–Crippen LogP) is 1.66. The van der Waals surface area contributed by atoms with E-state index in [2.05, 4.69) is 15.3 Å². The molecule has 1 aromatic heterocycles. The topological polar surface area (TPSA) is 53.4 Å². The van der Waals surface area contributed by atoms with Crippen LogP contribution >= 0.6 is 0 Å². The number of amides is 1. The second-order valence-corrected chi connectivity index (χ2v) is 7.36. The highest BCUT2D eigenvalue weighted by atomic mass is 19.1. The van der Waals surface area contributed by atoms with Crippen LogP contribution in [-0.4, -0.2) is 64.8 Å². The monoisotopic (exact) mass is 371 g/mol. The van der Waals surface area contributed by atoms with Crippen molar-refractivity contribution in [2.75, 3.05) is 39.3 Å². The van der Waals surface area contributed by atoms with Crippen LogP contribution in [0, 0.1) is 11.7 Å². The summed E-state index contributed by atoms with van der Waals surface area (Å²) in [6.07, 6.45) is 3.77. The van der Waals surface area contributed by atoms with Crippen LogP contribution < -0.4 is 5.32 Å². The van der Waals surface area contributed by atoms with Gasteiger partial charge in [-0.3, -0.25) is 9.69 Å². The number of benzene rings is 1. The third-order valence-electron chi connectivity index (χ3n) is 5.46. The van der Waals surface area contributed by atoms with Crippen molar-refractivity contribution in [1.29, 1.82) is 0 Å². The molecule has 0 aliphatic carbocycles. The van der Waals surface area contributed by atoms with Gasteiger partial charge in [-0.2, -0.15) is 5.10 Å².